The van der Waals surface area contributed by atoms with Crippen LogP contribution in [-0.2, 0) is 25.9 Å². The summed E-state index contributed by atoms with van der Waals surface area (Å²) in [4.78, 5) is 12.9. The highest BCUT2D eigenvalue weighted by molar-refractivity contribution is 7.90. The number of sulfone groups is 1. The number of amides is 1. The molecule has 2 N–H and O–H groups in total. The Morgan fingerprint density at radius 3 is 2.58 bits per heavy atom. The lowest BCUT2D eigenvalue weighted by Crippen LogP contribution is -2.55. The van der Waals surface area contributed by atoms with E-state index >= 15 is 0 Å². The van der Waals surface area contributed by atoms with Gasteiger partial charge in [0.1, 0.15) is 5.54 Å². The van der Waals surface area contributed by atoms with Crippen LogP contribution in [0.2, 0.25) is 0 Å². The highest BCUT2D eigenvalue weighted by atomic mass is 32.2. The van der Waals surface area contributed by atoms with E-state index in [0.29, 0.717) is 12.8 Å². The molecule has 7 nitrogen and oxygen atoms in total. The van der Waals surface area contributed by atoms with E-state index in [-0.39, 0.29) is 24.0 Å². The molecule has 8 heteroatoms. The number of nitrogens with one attached hydrogen (secondary N) is 2. The summed E-state index contributed by atoms with van der Waals surface area (Å²) < 4.78 is 26.3. The predicted octanol–water partition coefficient (Wildman–Crippen LogP) is 0.693. The Balaban J connectivity index is 1.60. The third-order valence-electron chi connectivity index (χ3n) is 4.72. The van der Waals surface area contributed by atoms with E-state index < -0.39 is 15.4 Å². The molecule has 1 aromatic heterocycles. The number of aromatic nitrogens is 2. The Morgan fingerprint density at radius 2 is 1.92 bits per heavy atom. The first-order valence-electron chi connectivity index (χ1n) is 8.75. The molecule has 1 aliphatic heterocycles. The molecule has 140 valence electrons. The minimum Gasteiger partial charge on any atom is -0.353 e. The highest BCUT2D eigenvalue weighted by Crippen LogP contribution is 2.27. The molecule has 1 aliphatic rings. The smallest absolute Gasteiger partial charge is 0.248 e. The Hall–Kier alpha value is -2.19. The molecule has 3 rings (SSSR count). The summed E-state index contributed by atoms with van der Waals surface area (Å²) >= 11 is 0. The molecule has 1 fully saturated rings. The first-order chi connectivity index (χ1) is 12.5. The van der Waals surface area contributed by atoms with Crippen molar-refractivity contribution in [2.75, 3.05) is 25.4 Å². The fourth-order valence-corrected chi connectivity index (χ4v) is 4.57. The maximum absolute atomic E-state index is 12.9. The lowest BCUT2D eigenvalue weighted by molar-refractivity contribution is -0.131. The van der Waals surface area contributed by atoms with Gasteiger partial charge >= 0.3 is 0 Å². The molecule has 0 bridgehead atoms. The van der Waals surface area contributed by atoms with E-state index in [0.717, 1.165) is 18.7 Å². The van der Waals surface area contributed by atoms with Crippen molar-refractivity contribution < 1.29 is 13.2 Å². The summed E-state index contributed by atoms with van der Waals surface area (Å²) in [5, 5.41) is 10.3. The second kappa shape index (κ2) is 8.01. The largest absolute Gasteiger partial charge is 0.353 e. The molecule has 0 aliphatic carbocycles. The molecule has 0 atom stereocenters. The summed E-state index contributed by atoms with van der Waals surface area (Å²) in [6.45, 7) is 1.55. The quantitative estimate of drug-likeness (QED) is 0.742. The van der Waals surface area contributed by atoms with Crippen molar-refractivity contribution in [3.63, 3.8) is 0 Å². The van der Waals surface area contributed by atoms with Crippen LogP contribution in [-0.4, -0.2) is 49.5 Å². The van der Waals surface area contributed by atoms with Crippen LogP contribution < -0.4 is 10.6 Å². The minimum atomic E-state index is -3.28. The van der Waals surface area contributed by atoms with Gasteiger partial charge in [0, 0.05) is 18.9 Å². The lowest BCUT2D eigenvalue weighted by Gasteiger charge is -2.36. The summed E-state index contributed by atoms with van der Waals surface area (Å²) in [7, 11) is -3.28. The molecule has 0 unspecified atom stereocenters. The second-order valence-electron chi connectivity index (χ2n) is 6.57. The molecule has 2 heterocycles. The van der Waals surface area contributed by atoms with Crippen LogP contribution in [0.1, 0.15) is 18.4 Å². The molecule has 1 saturated heterocycles. The Bertz CT molecular complexity index is 813. The molecule has 1 amide bonds. The van der Waals surface area contributed by atoms with E-state index in [2.05, 4.69) is 15.7 Å². The molecule has 2 aromatic rings. The van der Waals surface area contributed by atoms with Crippen molar-refractivity contribution in [3.8, 4) is 0 Å². The van der Waals surface area contributed by atoms with Crippen molar-refractivity contribution in [1.82, 2.24) is 20.4 Å². The standard InChI is InChI=1S/C18H24N4O3S/c23-17(18(7-10-19-11-8-18)22-13-4-9-21-22)20-12-14-26(24,25)15-16-5-2-1-3-6-16/h1-6,9,13,19H,7-8,10-12,14-15H2,(H,20,23). The molecule has 0 saturated carbocycles. The van der Waals surface area contributed by atoms with Crippen LogP contribution in [0.5, 0.6) is 0 Å². The van der Waals surface area contributed by atoms with Crippen molar-refractivity contribution in [2.24, 2.45) is 0 Å². The van der Waals surface area contributed by atoms with Crippen LogP contribution in [0.25, 0.3) is 0 Å². The van der Waals surface area contributed by atoms with Crippen molar-refractivity contribution in [3.05, 3.63) is 54.4 Å². The number of rotatable bonds is 7. The number of benzene rings is 1. The zero-order valence-electron chi connectivity index (χ0n) is 14.6. The van der Waals surface area contributed by atoms with Crippen LogP contribution in [0.3, 0.4) is 0 Å². The summed E-state index contributed by atoms with van der Waals surface area (Å²) in [6, 6.07) is 10.9. The van der Waals surface area contributed by atoms with E-state index in [4.69, 9.17) is 0 Å². The SMILES string of the molecule is O=C(NCCS(=O)(=O)Cc1ccccc1)C1(n2cccn2)CCNCC1. The summed E-state index contributed by atoms with van der Waals surface area (Å²) in [5.74, 6) is -0.267. The second-order valence-corrected chi connectivity index (χ2v) is 8.75. The molecule has 26 heavy (non-hydrogen) atoms. The van der Waals surface area contributed by atoms with Crippen molar-refractivity contribution >= 4 is 15.7 Å². The van der Waals surface area contributed by atoms with Gasteiger partial charge in [0.15, 0.2) is 9.84 Å². The maximum Gasteiger partial charge on any atom is 0.248 e. The monoisotopic (exact) mass is 376 g/mol. The molecule has 0 radical (unpaired) electrons. The number of carbonyl (C=O) groups is 1. The van der Waals surface area contributed by atoms with Gasteiger partial charge in [-0.05, 0) is 37.6 Å². The molecular weight excluding hydrogens is 352 g/mol. The number of hydrogen-bond donors (Lipinski definition) is 2. The Morgan fingerprint density at radius 1 is 1.19 bits per heavy atom. The van der Waals surface area contributed by atoms with Crippen LogP contribution in [0, 0.1) is 0 Å². The van der Waals surface area contributed by atoms with Gasteiger partial charge < -0.3 is 10.6 Å². The average Bonchev–Trinajstić information content (AvgIpc) is 3.17. The van der Waals surface area contributed by atoms with Gasteiger partial charge in [0.25, 0.3) is 0 Å². The highest BCUT2D eigenvalue weighted by Gasteiger charge is 2.41. The maximum atomic E-state index is 12.9. The van der Waals surface area contributed by atoms with Crippen molar-refractivity contribution in [1.29, 1.82) is 0 Å². The van der Waals surface area contributed by atoms with E-state index in [1.807, 2.05) is 18.2 Å². The fraction of sp³-hybridized carbons (Fsp3) is 0.444. The lowest BCUT2D eigenvalue weighted by atomic mass is 9.87. The molecular formula is C18H24N4O3S. The molecule has 0 spiro atoms. The van der Waals surface area contributed by atoms with Gasteiger partial charge in [0.2, 0.25) is 5.91 Å². The van der Waals surface area contributed by atoms with E-state index in [9.17, 15) is 13.2 Å². The number of hydrogen-bond acceptors (Lipinski definition) is 5. The van der Waals surface area contributed by atoms with Gasteiger partial charge in [-0.2, -0.15) is 5.10 Å². The predicted molar refractivity (Wildman–Crippen MR) is 99.2 cm³/mol. The van der Waals surface area contributed by atoms with Gasteiger partial charge in [-0.3, -0.25) is 9.48 Å². The zero-order valence-corrected chi connectivity index (χ0v) is 15.4. The number of nitrogens with zero attached hydrogens (tertiary/aromatic N) is 2. The fourth-order valence-electron chi connectivity index (χ4n) is 3.31. The Kier molecular flexibility index (Phi) is 5.73. The van der Waals surface area contributed by atoms with Crippen LogP contribution >= 0.6 is 0 Å². The topological polar surface area (TPSA) is 93.1 Å². The van der Waals surface area contributed by atoms with Crippen LogP contribution in [0.15, 0.2) is 48.8 Å². The van der Waals surface area contributed by atoms with E-state index in [1.165, 1.54) is 0 Å². The number of piperidine rings is 1. The molecule has 1 aromatic carbocycles. The van der Waals surface area contributed by atoms with Gasteiger partial charge in [-0.1, -0.05) is 30.3 Å². The number of carbonyl (C=O) groups excluding carboxylic acids is 1. The summed E-state index contributed by atoms with van der Waals surface area (Å²) in [5.41, 5.74) is 0.00277. The normalized spacial score (nSPS) is 16.9. The Labute approximate surface area is 153 Å². The van der Waals surface area contributed by atoms with Gasteiger partial charge in [-0.15, -0.1) is 0 Å². The first-order valence-corrected chi connectivity index (χ1v) is 10.6. The van der Waals surface area contributed by atoms with Gasteiger partial charge in [0.05, 0.1) is 11.5 Å². The third kappa shape index (κ3) is 4.31. The zero-order chi connectivity index (χ0) is 18.5. The summed E-state index contributed by atoms with van der Waals surface area (Å²) in [6.07, 6.45) is 4.69. The van der Waals surface area contributed by atoms with E-state index in [1.54, 1.807) is 35.3 Å². The van der Waals surface area contributed by atoms with Gasteiger partial charge in [-0.25, -0.2) is 8.42 Å². The first kappa shape index (κ1) is 18.6. The van der Waals surface area contributed by atoms with Crippen molar-refractivity contribution in [2.45, 2.75) is 24.1 Å². The average molecular weight is 376 g/mol. The minimum absolute atomic E-state index is 0.0159. The third-order valence-corrected chi connectivity index (χ3v) is 6.32. The van der Waals surface area contributed by atoms with Crippen LogP contribution in [0.4, 0.5) is 0 Å².